The fourth-order valence-electron chi connectivity index (χ4n) is 4.32. The number of piperidine rings is 1. The molecule has 2 aliphatic rings. The lowest BCUT2D eigenvalue weighted by Gasteiger charge is -2.39. The Morgan fingerprint density at radius 1 is 1.10 bits per heavy atom. The van der Waals surface area contributed by atoms with Crippen LogP contribution in [-0.2, 0) is 16.1 Å². The maximum absolute atomic E-state index is 13.4. The number of rotatable bonds is 4. The second-order valence-electron chi connectivity index (χ2n) is 9.46. The number of ether oxygens (including phenoxy) is 1. The highest BCUT2D eigenvalue weighted by atomic mass is 16.6. The predicted octanol–water partition coefficient (Wildman–Crippen LogP) is 3.74. The fraction of sp³-hybridized carbons (Fsp3) is 0.609. The molecule has 2 amide bonds. The number of aryl methyl sites for hydroxylation is 1. The molecule has 0 atom stereocenters. The first-order valence-corrected chi connectivity index (χ1v) is 10.9. The predicted molar refractivity (Wildman–Crippen MR) is 115 cm³/mol. The van der Waals surface area contributed by atoms with Crippen LogP contribution in [0.25, 0.3) is 11.0 Å². The molecule has 1 aliphatic carbocycles. The number of hydrogen-bond donors (Lipinski definition) is 0. The van der Waals surface area contributed by atoms with E-state index in [-0.39, 0.29) is 18.0 Å². The Morgan fingerprint density at radius 3 is 2.37 bits per heavy atom. The molecule has 162 valence electrons. The topological polar surface area (TPSA) is 67.7 Å². The second kappa shape index (κ2) is 7.93. The lowest BCUT2D eigenvalue weighted by Crippen LogP contribution is -2.51. The summed E-state index contributed by atoms with van der Waals surface area (Å²) in [6.45, 7) is 9.17. The quantitative estimate of drug-likeness (QED) is 0.767. The number of fused-ring (bicyclic) bond motifs is 1. The van der Waals surface area contributed by atoms with Crippen LogP contribution in [0.2, 0.25) is 0 Å². The van der Waals surface area contributed by atoms with Crippen LogP contribution in [-0.4, -0.2) is 62.1 Å². The number of amides is 2. The molecular formula is C23H32N4O3. The summed E-state index contributed by atoms with van der Waals surface area (Å²) in [5.41, 5.74) is 1.43. The SMILES string of the molecule is Cc1nc2ccccc2n1CC(=O)N(C1CC1)C1CCN(C(=O)OC(C)(C)C)CC1. The molecule has 2 heterocycles. The molecule has 1 aromatic heterocycles. The number of aromatic nitrogens is 2. The first-order valence-electron chi connectivity index (χ1n) is 10.9. The number of nitrogens with zero attached hydrogens (tertiary/aromatic N) is 4. The van der Waals surface area contributed by atoms with E-state index in [1.807, 2.05) is 56.5 Å². The molecule has 4 rings (SSSR count). The molecule has 0 N–H and O–H groups in total. The standard InChI is InChI=1S/C23H32N4O3/c1-16-24-19-7-5-6-8-20(19)26(16)15-21(28)27(17-9-10-17)18-11-13-25(14-12-18)22(29)30-23(2,3)4/h5-8,17-18H,9-15H2,1-4H3. The first kappa shape index (κ1) is 20.7. The Bertz CT molecular complexity index is 934. The van der Waals surface area contributed by atoms with Crippen molar-refractivity contribution in [2.24, 2.45) is 0 Å². The van der Waals surface area contributed by atoms with E-state index >= 15 is 0 Å². The van der Waals surface area contributed by atoms with Gasteiger partial charge in [0.1, 0.15) is 18.0 Å². The summed E-state index contributed by atoms with van der Waals surface area (Å²) in [4.78, 5) is 34.2. The summed E-state index contributed by atoms with van der Waals surface area (Å²) in [6.07, 6.45) is 3.48. The van der Waals surface area contributed by atoms with E-state index in [1.54, 1.807) is 4.90 Å². The third-order valence-corrected chi connectivity index (χ3v) is 5.88. The molecule has 7 heteroatoms. The van der Waals surface area contributed by atoms with Crippen molar-refractivity contribution in [3.05, 3.63) is 30.1 Å². The van der Waals surface area contributed by atoms with E-state index in [9.17, 15) is 9.59 Å². The molecule has 1 aliphatic heterocycles. The third-order valence-electron chi connectivity index (χ3n) is 5.88. The van der Waals surface area contributed by atoms with Crippen LogP contribution < -0.4 is 0 Å². The van der Waals surface area contributed by atoms with Crippen molar-refractivity contribution in [1.29, 1.82) is 0 Å². The van der Waals surface area contributed by atoms with E-state index in [0.29, 0.717) is 25.7 Å². The largest absolute Gasteiger partial charge is 0.444 e. The normalized spacial score (nSPS) is 17.9. The zero-order valence-corrected chi connectivity index (χ0v) is 18.4. The van der Waals surface area contributed by atoms with Gasteiger partial charge in [0.25, 0.3) is 0 Å². The number of hydrogen-bond acceptors (Lipinski definition) is 4. The van der Waals surface area contributed by atoms with Crippen LogP contribution in [0.15, 0.2) is 24.3 Å². The smallest absolute Gasteiger partial charge is 0.410 e. The summed E-state index contributed by atoms with van der Waals surface area (Å²) in [7, 11) is 0. The van der Waals surface area contributed by atoms with Gasteiger partial charge in [-0.1, -0.05) is 12.1 Å². The lowest BCUT2D eigenvalue weighted by molar-refractivity contribution is -0.135. The molecule has 30 heavy (non-hydrogen) atoms. The van der Waals surface area contributed by atoms with Gasteiger partial charge in [-0.2, -0.15) is 0 Å². The van der Waals surface area contributed by atoms with E-state index < -0.39 is 5.60 Å². The lowest BCUT2D eigenvalue weighted by atomic mass is 10.0. The van der Waals surface area contributed by atoms with E-state index in [4.69, 9.17) is 4.74 Å². The number of carbonyl (C=O) groups excluding carboxylic acids is 2. The molecule has 7 nitrogen and oxygen atoms in total. The Labute approximate surface area is 178 Å². The van der Waals surface area contributed by atoms with E-state index in [1.165, 1.54) is 0 Å². The summed E-state index contributed by atoms with van der Waals surface area (Å²) in [6, 6.07) is 8.47. The Hall–Kier alpha value is -2.57. The molecule has 1 saturated heterocycles. The average Bonchev–Trinajstić information content (AvgIpc) is 3.46. The monoisotopic (exact) mass is 412 g/mol. The van der Waals surface area contributed by atoms with Crippen molar-refractivity contribution in [3.63, 3.8) is 0 Å². The summed E-state index contributed by atoms with van der Waals surface area (Å²) in [5, 5.41) is 0. The molecule has 1 aromatic carbocycles. The molecule has 0 bridgehead atoms. The highest BCUT2D eigenvalue weighted by molar-refractivity contribution is 5.81. The Balaban J connectivity index is 1.43. The van der Waals surface area contributed by atoms with Crippen molar-refractivity contribution in [2.45, 2.75) is 77.6 Å². The van der Waals surface area contributed by atoms with Gasteiger partial charge in [-0.15, -0.1) is 0 Å². The van der Waals surface area contributed by atoms with Gasteiger partial charge < -0.3 is 19.1 Å². The van der Waals surface area contributed by atoms with Gasteiger partial charge >= 0.3 is 6.09 Å². The van der Waals surface area contributed by atoms with Crippen LogP contribution >= 0.6 is 0 Å². The summed E-state index contributed by atoms with van der Waals surface area (Å²) >= 11 is 0. The van der Waals surface area contributed by atoms with Gasteiger partial charge in [0, 0.05) is 25.2 Å². The van der Waals surface area contributed by atoms with E-state index in [2.05, 4.69) is 9.88 Å². The van der Waals surface area contributed by atoms with Crippen LogP contribution in [0, 0.1) is 6.92 Å². The Kier molecular flexibility index (Phi) is 5.47. The minimum absolute atomic E-state index is 0.152. The van der Waals surface area contributed by atoms with Crippen molar-refractivity contribution in [1.82, 2.24) is 19.4 Å². The van der Waals surface area contributed by atoms with Crippen LogP contribution in [0.5, 0.6) is 0 Å². The van der Waals surface area contributed by atoms with Crippen molar-refractivity contribution in [2.75, 3.05) is 13.1 Å². The second-order valence-corrected chi connectivity index (χ2v) is 9.46. The van der Waals surface area contributed by atoms with Crippen LogP contribution in [0.3, 0.4) is 0 Å². The number of likely N-dealkylation sites (tertiary alicyclic amines) is 1. The van der Waals surface area contributed by atoms with Gasteiger partial charge in [-0.05, 0) is 65.5 Å². The number of carbonyl (C=O) groups is 2. The number of benzene rings is 1. The molecule has 0 unspecified atom stereocenters. The van der Waals surface area contributed by atoms with Crippen LogP contribution in [0.4, 0.5) is 4.79 Å². The van der Waals surface area contributed by atoms with Gasteiger partial charge in [0.2, 0.25) is 5.91 Å². The minimum atomic E-state index is -0.491. The fourth-order valence-corrected chi connectivity index (χ4v) is 4.32. The van der Waals surface area contributed by atoms with Gasteiger partial charge in [-0.3, -0.25) is 4.79 Å². The number of imidazole rings is 1. The molecule has 2 fully saturated rings. The van der Waals surface area contributed by atoms with Gasteiger partial charge in [0.05, 0.1) is 11.0 Å². The molecule has 0 spiro atoms. The maximum Gasteiger partial charge on any atom is 0.410 e. The van der Waals surface area contributed by atoms with E-state index in [0.717, 1.165) is 42.5 Å². The highest BCUT2D eigenvalue weighted by Gasteiger charge is 2.39. The zero-order chi connectivity index (χ0) is 21.5. The van der Waals surface area contributed by atoms with Crippen molar-refractivity contribution < 1.29 is 14.3 Å². The first-order chi connectivity index (χ1) is 14.2. The molecular weight excluding hydrogens is 380 g/mol. The molecule has 1 saturated carbocycles. The third kappa shape index (κ3) is 4.45. The average molecular weight is 413 g/mol. The van der Waals surface area contributed by atoms with Gasteiger partial charge in [-0.25, -0.2) is 9.78 Å². The molecule has 0 radical (unpaired) electrons. The number of para-hydroxylation sites is 2. The summed E-state index contributed by atoms with van der Waals surface area (Å²) < 4.78 is 7.52. The van der Waals surface area contributed by atoms with Crippen molar-refractivity contribution >= 4 is 23.0 Å². The Morgan fingerprint density at radius 2 is 1.73 bits per heavy atom. The highest BCUT2D eigenvalue weighted by Crippen LogP contribution is 2.33. The zero-order valence-electron chi connectivity index (χ0n) is 18.4. The maximum atomic E-state index is 13.4. The van der Waals surface area contributed by atoms with Gasteiger partial charge in [0.15, 0.2) is 0 Å². The van der Waals surface area contributed by atoms with Crippen LogP contribution in [0.1, 0.15) is 52.3 Å². The summed E-state index contributed by atoms with van der Waals surface area (Å²) in [5.74, 6) is 1.01. The minimum Gasteiger partial charge on any atom is -0.444 e. The molecule has 2 aromatic rings. The van der Waals surface area contributed by atoms with Crippen molar-refractivity contribution in [3.8, 4) is 0 Å².